The summed E-state index contributed by atoms with van der Waals surface area (Å²) in [5, 5.41) is 1.47. The largest absolute Gasteiger partial charge is 0.369 e. The molecule has 0 unspecified atom stereocenters. The van der Waals surface area contributed by atoms with Crippen molar-refractivity contribution in [3.63, 3.8) is 0 Å². The summed E-state index contributed by atoms with van der Waals surface area (Å²) in [5.41, 5.74) is 0. The molecule has 0 aromatic rings. The van der Waals surface area contributed by atoms with Crippen molar-refractivity contribution in [2.24, 2.45) is 0 Å². The van der Waals surface area contributed by atoms with Crippen LogP contribution >= 0.6 is 0 Å². The monoisotopic (exact) mass is 465 g/mol. The topological polar surface area (TPSA) is 29.5 Å². The number of carbonyl (C=O) groups excluding carboxylic acids is 1. The molecule has 0 radical (unpaired) electrons. The van der Waals surface area contributed by atoms with Gasteiger partial charge in [-0.2, -0.15) is 0 Å². The molecule has 33 heavy (non-hydrogen) atoms. The molecule has 0 fully saturated rings. The van der Waals surface area contributed by atoms with Crippen LogP contribution in [0, 0.1) is 0 Å². The van der Waals surface area contributed by atoms with Gasteiger partial charge in [0.1, 0.15) is 0 Å². The SMILES string of the molecule is CCCCCCCCCCCCCCCCCCC=CCCCCCCCC(=O)ON(C)C. The molecule has 0 heterocycles. The van der Waals surface area contributed by atoms with Crippen molar-refractivity contribution in [1.29, 1.82) is 0 Å². The van der Waals surface area contributed by atoms with Crippen molar-refractivity contribution in [3.8, 4) is 0 Å². The lowest BCUT2D eigenvalue weighted by Gasteiger charge is -2.09. The van der Waals surface area contributed by atoms with Crippen LogP contribution in [-0.2, 0) is 9.63 Å². The second-order valence-electron chi connectivity index (χ2n) is 10.1. The molecule has 0 bridgehead atoms. The highest BCUT2D eigenvalue weighted by Gasteiger charge is 2.03. The molecular weight excluding hydrogens is 406 g/mol. The molecule has 0 saturated carbocycles. The summed E-state index contributed by atoms with van der Waals surface area (Å²) in [6.45, 7) is 2.29. The molecule has 0 aliphatic rings. The van der Waals surface area contributed by atoms with E-state index in [9.17, 15) is 4.79 Å². The Labute approximate surface area is 208 Å². The van der Waals surface area contributed by atoms with E-state index in [0.717, 1.165) is 12.8 Å². The van der Waals surface area contributed by atoms with Crippen molar-refractivity contribution in [1.82, 2.24) is 5.06 Å². The third kappa shape index (κ3) is 29.1. The van der Waals surface area contributed by atoms with E-state index in [4.69, 9.17) is 4.84 Å². The van der Waals surface area contributed by atoms with Crippen molar-refractivity contribution >= 4 is 5.97 Å². The second kappa shape index (κ2) is 27.4. The van der Waals surface area contributed by atoms with Crippen LogP contribution in [0.4, 0.5) is 0 Å². The van der Waals surface area contributed by atoms with Gasteiger partial charge >= 0.3 is 5.97 Å². The molecular formula is C30H59NO2. The number of hydrogen-bond acceptors (Lipinski definition) is 3. The lowest BCUT2D eigenvalue weighted by atomic mass is 10.0. The first-order chi connectivity index (χ1) is 16.2. The van der Waals surface area contributed by atoms with Crippen LogP contribution in [0.5, 0.6) is 0 Å². The molecule has 0 saturated heterocycles. The maximum absolute atomic E-state index is 11.4. The summed E-state index contributed by atoms with van der Waals surface area (Å²) in [6.07, 6.45) is 36.6. The normalized spacial score (nSPS) is 11.6. The third-order valence-corrected chi connectivity index (χ3v) is 6.43. The van der Waals surface area contributed by atoms with Crippen LogP contribution in [0.25, 0.3) is 0 Å². The van der Waals surface area contributed by atoms with E-state index in [1.165, 1.54) is 140 Å². The molecule has 3 nitrogen and oxygen atoms in total. The van der Waals surface area contributed by atoms with E-state index in [1.807, 2.05) is 0 Å². The second-order valence-corrected chi connectivity index (χ2v) is 10.1. The fraction of sp³-hybridized carbons (Fsp3) is 0.900. The van der Waals surface area contributed by atoms with Gasteiger partial charge in [0.25, 0.3) is 0 Å². The molecule has 0 amide bonds. The Kier molecular flexibility index (Phi) is 26.7. The van der Waals surface area contributed by atoms with E-state index in [0.29, 0.717) is 6.42 Å². The van der Waals surface area contributed by atoms with Gasteiger partial charge in [0.2, 0.25) is 0 Å². The molecule has 0 N–H and O–H groups in total. The first-order valence-corrected chi connectivity index (χ1v) is 14.7. The fourth-order valence-electron chi connectivity index (χ4n) is 4.36. The van der Waals surface area contributed by atoms with Gasteiger partial charge in [0.05, 0.1) is 0 Å². The standard InChI is InChI=1S/C30H59NO2/c1-4-5-6-7-8-9-10-11-12-13-14-15-16-17-18-19-20-21-22-23-24-25-26-27-28-29-30(32)33-31(2)3/h21-22H,4-20,23-29H2,1-3H3. The highest BCUT2D eigenvalue weighted by molar-refractivity contribution is 5.68. The summed E-state index contributed by atoms with van der Waals surface area (Å²) in [7, 11) is 3.48. The smallest absolute Gasteiger partial charge is 0.325 e. The van der Waals surface area contributed by atoms with E-state index in [-0.39, 0.29) is 5.97 Å². The number of nitrogens with zero attached hydrogens (tertiary/aromatic N) is 1. The number of rotatable bonds is 26. The Balaban J connectivity index is 3.14. The Morgan fingerprint density at radius 3 is 1.24 bits per heavy atom. The average Bonchev–Trinajstić information content (AvgIpc) is 2.78. The molecule has 196 valence electrons. The van der Waals surface area contributed by atoms with Crippen molar-refractivity contribution in [2.45, 2.75) is 161 Å². The van der Waals surface area contributed by atoms with Gasteiger partial charge < -0.3 is 4.84 Å². The maximum atomic E-state index is 11.4. The van der Waals surface area contributed by atoms with Gasteiger partial charge in [-0.05, 0) is 32.1 Å². The van der Waals surface area contributed by atoms with Gasteiger partial charge in [0.15, 0.2) is 0 Å². The quantitative estimate of drug-likeness (QED) is 0.0723. The van der Waals surface area contributed by atoms with Crippen LogP contribution in [-0.4, -0.2) is 25.1 Å². The van der Waals surface area contributed by atoms with Gasteiger partial charge in [0, 0.05) is 20.5 Å². The lowest BCUT2D eigenvalue weighted by Crippen LogP contribution is -2.18. The molecule has 3 heteroatoms. The molecule has 0 aromatic heterocycles. The number of hydrogen-bond donors (Lipinski definition) is 0. The molecule has 0 spiro atoms. The average molecular weight is 466 g/mol. The number of allylic oxidation sites excluding steroid dienone is 2. The molecule has 0 aliphatic heterocycles. The van der Waals surface area contributed by atoms with E-state index < -0.39 is 0 Å². The minimum absolute atomic E-state index is 0.114. The van der Waals surface area contributed by atoms with Crippen LogP contribution in [0.1, 0.15) is 161 Å². The van der Waals surface area contributed by atoms with Gasteiger partial charge in [-0.1, -0.05) is 135 Å². The van der Waals surface area contributed by atoms with Crippen molar-refractivity contribution in [2.75, 3.05) is 14.1 Å². The zero-order chi connectivity index (χ0) is 24.2. The number of carbonyl (C=O) groups is 1. The van der Waals surface area contributed by atoms with Crippen molar-refractivity contribution in [3.05, 3.63) is 12.2 Å². The maximum Gasteiger partial charge on any atom is 0.325 e. The number of hydroxylamine groups is 2. The first-order valence-electron chi connectivity index (χ1n) is 14.7. The summed E-state index contributed by atoms with van der Waals surface area (Å²) in [5.74, 6) is -0.114. The zero-order valence-electron chi connectivity index (χ0n) is 22.9. The Bertz CT molecular complexity index is 420. The molecule has 0 rings (SSSR count). The zero-order valence-corrected chi connectivity index (χ0v) is 22.9. The van der Waals surface area contributed by atoms with E-state index in [2.05, 4.69) is 19.1 Å². The first kappa shape index (κ1) is 32.2. The van der Waals surface area contributed by atoms with E-state index in [1.54, 1.807) is 14.1 Å². The summed E-state index contributed by atoms with van der Waals surface area (Å²) in [4.78, 5) is 16.4. The summed E-state index contributed by atoms with van der Waals surface area (Å²) in [6, 6.07) is 0. The molecule has 0 atom stereocenters. The summed E-state index contributed by atoms with van der Waals surface area (Å²) >= 11 is 0. The van der Waals surface area contributed by atoms with Gasteiger partial charge in [-0.25, -0.2) is 0 Å². The summed E-state index contributed by atoms with van der Waals surface area (Å²) < 4.78 is 0. The Morgan fingerprint density at radius 1 is 0.545 bits per heavy atom. The number of unbranched alkanes of at least 4 members (excludes halogenated alkanes) is 21. The Morgan fingerprint density at radius 2 is 0.879 bits per heavy atom. The van der Waals surface area contributed by atoms with Crippen LogP contribution < -0.4 is 0 Å². The van der Waals surface area contributed by atoms with E-state index >= 15 is 0 Å². The predicted octanol–water partition coefficient (Wildman–Crippen LogP) is 9.94. The highest BCUT2D eigenvalue weighted by Crippen LogP contribution is 2.14. The Hall–Kier alpha value is -0.830. The predicted molar refractivity (Wildman–Crippen MR) is 145 cm³/mol. The highest BCUT2D eigenvalue weighted by atomic mass is 16.7. The van der Waals surface area contributed by atoms with Crippen molar-refractivity contribution < 1.29 is 9.63 Å². The van der Waals surface area contributed by atoms with Crippen LogP contribution in [0.2, 0.25) is 0 Å². The lowest BCUT2D eigenvalue weighted by molar-refractivity contribution is -0.178. The van der Waals surface area contributed by atoms with Gasteiger partial charge in [-0.3, -0.25) is 4.79 Å². The van der Waals surface area contributed by atoms with Crippen LogP contribution in [0.3, 0.4) is 0 Å². The fourth-order valence-corrected chi connectivity index (χ4v) is 4.36. The van der Waals surface area contributed by atoms with Gasteiger partial charge in [-0.15, -0.1) is 5.06 Å². The minimum atomic E-state index is -0.114. The van der Waals surface area contributed by atoms with Crippen LogP contribution in [0.15, 0.2) is 12.2 Å². The third-order valence-electron chi connectivity index (χ3n) is 6.43. The molecule has 0 aliphatic carbocycles. The minimum Gasteiger partial charge on any atom is -0.369 e. The molecule has 0 aromatic carbocycles.